The van der Waals surface area contributed by atoms with Gasteiger partial charge in [-0.2, -0.15) is 0 Å². The Morgan fingerprint density at radius 3 is 2.47 bits per heavy atom. The van der Waals surface area contributed by atoms with Crippen LogP contribution in [0.3, 0.4) is 0 Å². The lowest BCUT2D eigenvalue weighted by Crippen LogP contribution is -2.16. The summed E-state index contributed by atoms with van der Waals surface area (Å²) in [6.07, 6.45) is 0. The summed E-state index contributed by atoms with van der Waals surface area (Å²) < 4.78 is 0. The molecule has 0 saturated carbocycles. The highest BCUT2D eigenvalue weighted by Gasteiger charge is 1.96. The van der Waals surface area contributed by atoms with Gasteiger partial charge in [0, 0.05) is 17.7 Å². The second-order valence-electron chi connectivity index (χ2n) is 3.16. The minimum Gasteiger partial charge on any atom is -0.386 e. The number of hydrogen-bond donors (Lipinski definition) is 2. The van der Waals surface area contributed by atoms with Gasteiger partial charge in [-0.05, 0) is 24.6 Å². The minimum absolute atomic E-state index is 0.449. The molecule has 0 saturated heterocycles. The van der Waals surface area contributed by atoms with Crippen molar-refractivity contribution in [1.29, 1.82) is 0 Å². The third-order valence-electron chi connectivity index (χ3n) is 2.05. The quantitative estimate of drug-likeness (QED) is 0.456. The lowest BCUT2D eigenvalue weighted by atomic mass is 10.1. The Hall–Kier alpha value is -1.29. The highest BCUT2D eigenvalue weighted by atomic mass is 32.1. The van der Waals surface area contributed by atoms with Gasteiger partial charge in [0.2, 0.25) is 0 Å². The molecular formula is C11H15N3S. The average Bonchev–Trinajstić information content (AvgIpc) is 2.26. The molecule has 0 bridgehead atoms. The molecule has 0 amide bonds. The minimum atomic E-state index is 0.449. The standard InChI is InChI=1S/C11H15N3S/c1-8(14-7-11(12)13-2)9-3-5-10(15)6-4-9/h3-6,15H,7H2,1-2H3,(H2,12,13). The number of nitrogens with two attached hydrogens (primary N) is 1. The van der Waals surface area contributed by atoms with E-state index < -0.39 is 0 Å². The van der Waals surface area contributed by atoms with Crippen molar-refractivity contribution in [3.05, 3.63) is 29.8 Å². The topological polar surface area (TPSA) is 50.7 Å². The normalized spacial score (nSPS) is 13.0. The third-order valence-corrected chi connectivity index (χ3v) is 2.35. The van der Waals surface area contributed by atoms with E-state index in [1.807, 2.05) is 31.2 Å². The highest BCUT2D eigenvalue weighted by molar-refractivity contribution is 7.80. The maximum atomic E-state index is 5.55. The van der Waals surface area contributed by atoms with Crippen LogP contribution in [0.4, 0.5) is 0 Å². The van der Waals surface area contributed by atoms with E-state index in [1.54, 1.807) is 7.05 Å². The van der Waals surface area contributed by atoms with Crippen molar-refractivity contribution < 1.29 is 0 Å². The van der Waals surface area contributed by atoms with Gasteiger partial charge in [0.05, 0.1) is 6.54 Å². The van der Waals surface area contributed by atoms with Gasteiger partial charge in [0.25, 0.3) is 0 Å². The monoisotopic (exact) mass is 221 g/mol. The van der Waals surface area contributed by atoms with E-state index in [0.29, 0.717) is 12.4 Å². The van der Waals surface area contributed by atoms with Crippen LogP contribution in [0.25, 0.3) is 0 Å². The Morgan fingerprint density at radius 2 is 1.93 bits per heavy atom. The predicted molar refractivity (Wildman–Crippen MR) is 68.3 cm³/mol. The van der Waals surface area contributed by atoms with E-state index in [0.717, 1.165) is 16.2 Å². The van der Waals surface area contributed by atoms with Crippen LogP contribution in [0.5, 0.6) is 0 Å². The van der Waals surface area contributed by atoms with Crippen molar-refractivity contribution in [3.8, 4) is 0 Å². The molecule has 80 valence electrons. The molecule has 0 aromatic heterocycles. The molecule has 1 rings (SSSR count). The largest absolute Gasteiger partial charge is 0.386 e. The molecule has 0 heterocycles. The summed E-state index contributed by atoms with van der Waals surface area (Å²) in [4.78, 5) is 9.12. The van der Waals surface area contributed by atoms with Gasteiger partial charge in [-0.1, -0.05) is 12.1 Å². The smallest absolute Gasteiger partial charge is 0.115 e. The summed E-state index contributed by atoms with van der Waals surface area (Å²) in [6, 6.07) is 7.85. The molecule has 4 heteroatoms. The molecule has 15 heavy (non-hydrogen) atoms. The van der Waals surface area contributed by atoms with Crippen molar-refractivity contribution in [2.75, 3.05) is 13.6 Å². The van der Waals surface area contributed by atoms with E-state index in [2.05, 4.69) is 22.6 Å². The highest BCUT2D eigenvalue weighted by Crippen LogP contribution is 2.08. The van der Waals surface area contributed by atoms with Crippen LogP contribution in [-0.4, -0.2) is 25.1 Å². The van der Waals surface area contributed by atoms with Crippen LogP contribution < -0.4 is 5.73 Å². The van der Waals surface area contributed by atoms with E-state index in [9.17, 15) is 0 Å². The molecular weight excluding hydrogens is 206 g/mol. The molecule has 1 aromatic carbocycles. The summed E-state index contributed by atoms with van der Waals surface area (Å²) in [7, 11) is 1.66. The number of aliphatic imine (C=N–C) groups is 2. The van der Waals surface area contributed by atoms with E-state index in [4.69, 9.17) is 5.73 Å². The first-order valence-electron chi connectivity index (χ1n) is 4.65. The van der Waals surface area contributed by atoms with Crippen molar-refractivity contribution in [2.24, 2.45) is 15.7 Å². The van der Waals surface area contributed by atoms with Gasteiger partial charge >= 0.3 is 0 Å². The molecule has 2 N–H and O–H groups in total. The molecule has 0 aliphatic rings. The van der Waals surface area contributed by atoms with E-state index >= 15 is 0 Å². The van der Waals surface area contributed by atoms with Gasteiger partial charge in [-0.3, -0.25) is 9.98 Å². The van der Waals surface area contributed by atoms with Crippen LogP contribution >= 0.6 is 12.6 Å². The van der Waals surface area contributed by atoms with Crippen molar-refractivity contribution in [3.63, 3.8) is 0 Å². The zero-order valence-electron chi connectivity index (χ0n) is 8.94. The van der Waals surface area contributed by atoms with Crippen molar-refractivity contribution in [2.45, 2.75) is 11.8 Å². The number of benzene rings is 1. The molecule has 1 aromatic rings. The fourth-order valence-electron chi connectivity index (χ4n) is 1.06. The summed E-state index contributed by atoms with van der Waals surface area (Å²) in [5.41, 5.74) is 7.59. The molecule has 0 radical (unpaired) electrons. The lowest BCUT2D eigenvalue weighted by Gasteiger charge is -2.01. The Morgan fingerprint density at radius 1 is 1.33 bits per heavy atom. The van der Waals surface area contributed by atoms with Gasteiger partial charge < -0.3 is 5.73 Å². The fourth-order valence-corrected chi connectivity index (χ4v) is 1.21. The molecule has 0 atom stereocenters. The van der Waals surface area contributed by atoms with Crippen LogP contribution in [0, 0.1) is 0 Å². The van der Waals surface area contributed by atoms with E-state index in [1.165, 1.54) is 0 Å². The molecule has 0 aliphatic heterocycles. The number of amidine groups is 1. The number of thiol groups is 1. The van der Waals surface area contributed by atoms with Crippen molar-refractivity contribution >= 4 is 24.2 Å². The summed E-state index contributed by atoms with van der Waals surface area (Å²) in [5.74, 6) is 0.542. The van der Waals surface area contributed by atoms with Crippen molar-refractivity contribution in [1.82, 2.24) is 0 Å². The zero-order chi connectivity index (χ0) is 11.3. The molecule has 0 unspecified atom stereocenters. The Kier molecular flexibility index (Phi) is 4.37. The molecule has 3 nitrogen and oxygen atoms in total. The zero-order valence-corrected chi connectivity index (χ0v) is 9.83. The van der Waals surface area contributed by atoms with Gasteiger partial charge in [0.1, 0.15) is 5.84 Å². The summed E-state index contributed by atoms with van der Waals surface area (Å²) in [6.45, 7) is 2.40. The first kappa shape index (κ1) is 11.8. The summed E-state index contributed by atoms with van der Waals surface area (Å²) in [5, 5.41) is 0. The molecule has 0 aliphatic carbocycles. The van der Waals surface area contributed by atoms with Gasteiger partial charge in [-0.25, -0.2) is 0 Å². The number of hydrogen-bond acceptors (Lipinski definition) is 3. The number of nitrogens with zero attached hydrogens (tertiary/aromatic N) is 2. The predicted octanol–water partition coefficient (Wildman–Crippen LogP) is 1.77. The number of rotatable bonds is 3. The van der Waals surface area contributed by atoms with Crippen LogP contribution in [0.1, 0.15) is 12.5 Å². The van der Waals surface area contributed by atoms with Crippen LogP contribution in [-0.2, 0) is 0 Å². The average molecular weight is 221 g/mol. The summed E-state index contributed by atoms with van der Waals surface area (Å²) >= 11 is 4.22. The maximum absolute atomic E-state index is 5.55. The maximum Gasteiger partial charge on any atom is 0.115 e. The van der Waals surface area contributed by atoms with Gasteiger partial charge in [0.15, 0.2) is 0 Å². The van der Waals surface area contributed by atoms with Gasteiger partial charge in [-0.15, -0.1) is 12.6 Å². The third kappa shape index (κ3) is 3.75. The molecule has 0 spiro atoms. The SMILES string of the molecule is CN=C(N)CN=C(C)c1ccc(S)cc1. The first-order chi connectivity index (χ1) is 7.13. The molecule has 0 fully saturated rings. The lowest BCUT2D eigenvalue weighted by molar-refractivity contribution is 1.22. The fraction of sp³-hybridized carbons (Fsp3) is 0.273. The second kappa shape index (κ2) is 5.56. The van der Waals surface area contributed by atoms with Crippen LogP contribution in [0.2, 0.25) is 0 Å². The Labute approximate surface area is 95.5 Å². The second-order valence-corrected chi connectivity index (χ2v) is 3.68. The van der Waals surface area contributed by atoms with Crippen LogP contribution in [0.15, 0.2) is 39.1 Å². The Bertz CT molecular complexity index is 379. The Balaban J connectivity index is 2.76. The van der Waals surface area contributed by atoms with E-state index in [-0.39, 0.29) is 0 Å². The first-order valence-corrected chi connectivity index (χ1v) is 5.10.